The number of ether oxygens (including phenoxy) is 1. The Labute approximate surface area is 210 Å². The van der Waals surface area contributed by atoms with Gasteiger partial charge >= 0.3 is 6.09 Å². The Morgan fingerprint density at radius 2 is 1.71 bits per heavy atom. The maximum absolute atomic E-state index is 13.9. The van der Waals surface area contributed by atoms with Crippen molar-refractivity contribution in [3.8, 4) is 5.75 Å². The summed E-state index contributed by atoms with van der Waals surface area (Å²) in [5, 5.41) is 16.2. The summed E-state index contributed by atoms with van der Waals surface area (Å²) in [4.78, 5) is 41.3. The SMILES string of the molecule is CCCCCNC(=O)C(c1ccccc1O)N(CCC)C(=O)C(CC(C)C)NC(=O)OC(C)(C)C. The predicted molar refractivity (Wildman–Crippen MR) is 138 cm³/mol. The fraction of sp³-hybridized carbons (Fsp3) is 0.667. The Morgan fingerprint density at radius 3 is 2.26 bits per heavy atom. The molecule has 35 heavy (non-hydrogen) atoms. The molecule has 3 amide bonds. The van der Waals surface area contributed by atoms with Crippen LogP contribution in [0.15, 0.2) is 24.3 Å². The second-order valence-electron chi connectivity index (χ2n) is 10.3. The average molecular weight is 492 g/mol. The smallest absolute Gasteiger partial charge is 0.408 e. The van der Waals surface area contributed by atoms with E-state index >= 15 is 0 Å². The van der Waals surface area contributed by atoms with Crippen LogP contribution in [0.1, 0.15) is 92.2 Å². The lowest BCUT2D eigenvalue weighted by Gasteiger charge is -2.35. The number of nitrogens with one attached hydrogen (secondary N) is 2. The number of hydrogen-bond donors (Lipinski definition) is 3. The van der Waals surface area contributed by atoms with Crippen molar-refractivity contribution in [3.05, 3.63) is 29.8 Å². The van der Waals surface area contributed by atoms with Crippen LogP contribution in [0.3, 0.4) is 0 Å². The highest BCUT2D eigenvalue weighted by molar-refractivity contribution is 5.92. The van der Waals surface area contributed by atoms with E-state index < -0.39 is 23.8 Å². The minimum atomic E-state index is -1.03. The highest BCUT2D eigenvalue weighted by Crippen LogP contribution is 2.30. The molecule has 0 bridgehead atoms. The number of benzene rings is 1. The number of nitrogens with zero attached hydrogens (tertiary/aromatic N) is 1. The number of carbonyl (C=O) groups is 3. The van der Waals surface area contributed by atoms with Crippen LogP contribution in [-0.4, -0.2) is 52.6 Å². The third kappa shape index (κ3) is 10.6. The summed E-state index contributed by atoms with van der Waals surface area (Å²) in [5.41, 5.74) is -0.363. The molecule has 0 aliphatic rings. The van der Waals surface area contributed by atoms with E-state index in [0.29, 0.717) is 24.9 Å². The molecule has 0 radical (unpaired) electrons. The molecule has 0 saturated heterocycles. The summed E-state index contributed by atoms with van der Waals surface area (Å²) in [6, 6.07) is 4.66. The van der Waals surface area contributed by atoms with Crippen molar-refractivity contribution in [2.24, 2.45) is 5.92 Å². The third-order valence-corrected chi connectivity index (χ3v) is 5.31. The molecule has 198 valence electrons. The number of alkyl carbamates (subject to hydrolysis) is 1. The zero-order chi connectivity index (χ0) is 26.6. The van der Waals surface area contributed by atoms with Crippen LogP contribution in [0.4, 0.5) is 4.79 Å². The molecule has 1 aromatic carbocycles. The van der Waals surface area contributed by atoms with Crippen molar-refractivity contribution in [2.45, 2.75) is 98.3 Å². The fourth-order valence-electron chi connectivity index (χ4n) is 3.80. The lowest BCUT2D eigenvalue weighted by molar-refractivity contribution is -0.142. The second kappa shape index (κ2) is 14.6. The van der Waals surface area contributed by atoms with Crippen LogP contribution in [0.25, 0.3) is 0 Å². The van der Waals surface area contributed by atoms with Crippen molar-refractivity contribution in [1.82, 2.24) is 15.5 Å². The first kappa shape index (κ1) is 30.3. The van der Waals surface area contributed by atoms with Crippen LogP contribution in [0.5, 0.6) is 5.75 Å². The molecule has 0 saturated carbocycles. The highest BCUT2D eigenvalue weighted by Gasteiger charge is 2.37. The number of para-hydroxylation sites is 1. The van der Waals surface area contributed by atoms with E-state index in [1.54, 1.807) is 39.0 Å². The Hall–Kier alpha value is -2.77. The first-order valence-electron chi connectivity index (χ1n) is 12.8. The number of amides is 3. The maximum Gasteiger partial charge on any atom is 0.408 e. The van der Waals surface area contributed by atoms with E-state index in [9.17, 15) is 19.5 Å². The van der Waals surface area contributed by atoms with Gasteiger partial charge in [0.2, 0.25) is 11.8 Å². The molecule has 8 heteroatoms. The van der Waals surface area contributed by atoms with Gasteiger partial charge in [0.25, 0.3) is 0 Å². The monoisotopic (exact) mass is 491 g/mol. The van der Waals surface area contributed by atoms with Crippen LogP contribution >= 0.6 is 0 Å². The molecule has 2 unspecified atom stereocenters. The number of phenolic OH excluding ortho intramolecular Hbond substituents is 1. The van der Waals surface area contributed by atoms with Gasteiger partial charge in [0.1, 0.15) is 23.4 Å². The van der Waals surface area contributed by atoms with Crippen LogP contribution in [0.2, 0.25) is 0 Å². The molecule has 0 heterocycles. The third-order valence-electron chi connectivity index (χ3n) is 5.31. The van der Waals surface area contributed by atoms with Gasteiger partial charge < -0.3 is 25.4 Å². The Morgan fingerprint density at radius 1 is 1.06 bits per heavy atom. The number of phenols is 1. The quantitative estimate of drug-likeness (QED) is 0.340. The Balaban J connectivity index is 3.36. The molecule has 0 fully saturated rings. The number of unbranched alkanes of at least 4 members (excludes halogenated alkanes) is 2. The summed E-state index contributed by atoms with van der Waals surface area (Å²) in [7, 11) is 0. The minimum absolute atomic E-state index is 0.0596. The zero-order valence-electron chi connectivity index (χ0n) is 22.5. The van der Waals surface area contributed by atoms with Crippen LogP contribution in [0, 0.1) is 5.92 Å². The molecule has 0 spiro atoms. The van der Waals surface area contributed by atoms with Gasteiger partial charge in [-0.15, -0.1) is 0 Å². The predicted octanol–water partition coefficient (Wildman–Crippen LogP) is 4.92. The first-order valence-corrected chi connectivity index (χ1v) is 12.8. The standard InChI is InChI=1S/C27H45N3O5/c1-8-10-13-16-28-24(32)23(20-14-11-12-15-22(20)31)30(17-9-2)25(33)21(18-19(3)4)29-26(34)35-27(5,6)7/h11-12,14-15,19,21,23,31H,8-10,13,16-18H2,1-7H3,(H,28,32)(H,29,34). The summed E-state index contributed by atoms with van der Waals surface area (Å²) >= 11 is 0. The van der Waals surface area contributed by atoms with Crippen LogP contribution in [-0.2, 0) is 14.3 Å². The van der Waals surface area contributed by atoms with E-state index in [4.69, 9.17) is 4.74 Å². The van der Waals surface area contributed by atoms with Crippen LogP contribution < -0.4 is 10.6 Å². The second-order valence-corrected chi connectivity index (χ2v) is 10.3. The lowest BCUT2D eigenvalue weighted by Crippen LogP contribution is -2.53. The van der Waals surface area contributed by atoms with Gasteiger partial charge in [-0.1, -0.05) is 58.7 Å². The van der Waals surface area contributed by atoms with E-state index in [1.807, 2.05) is 20.8 Å². The molecule has 8 nitrogen and oxygen atoms in total. The van der Waals surface area contributed by atoms with Crippen molar-refractivity contribution in [2.75, 3.05) is 13.1 Å². The van der Waals surface area contributed by atoms with Crippen molar-refractivity contribution >= 4 is 17.9 Å². The average Bonchev–Trinajstić information content (AvgIpc) is 2.75. The summed E-state index contributed by atoms with van der Waals surface area (Å²) < 4.78 is 5.39. The van der Waals surface area contributed by atoms with E-state index in [2.05, 4.69) is 17.6 Å². The Kier molecular flexibility index (Phi) is 12.6. The molecular weight excluding hydrogens is 446 g/mol. The molecule has 0 aromatic heterocycles. The van der Waals surface area contributed by atoms with E-state index in [-0.39, 0.29) is 30.0 Å². The zero-order valence-corrected chi connectivity index (χ0v) is 22.5. The number of aromatic hydroxyl groups is 1. The topological polar surface area (TPSA) is 108 Å². The van der Waals surface area contributed by atoms with Gasteiger partial charge in [-0.25, -0.2) is 4.79 Å². The Bertz CT molecular complexity index is 819. The maximum atomic E-state index is 13.9. The summed E-state index contributed by atoms with van der Waals surface area (Å²) in [6.07, 6.45) is 3.12. The van der Waals surface area contributed by atoms with Gasteiger partial charge in [0.05, 0.1) is 0 Å². The summed E-state index contributed by atoms with van der Waals surface area (Å²) in [6.45, 7) is 14.0. The van der Waals surface area contributed by atoms with E-state index in [0.717, 1.165) is 19.3 Å². The number of rotatable bonds is 13. The minimum Gasteiger partial charge on any atom is -0.508 e. The summed E-state index contributed by atoms with van der Waals surface area (Å²) in [5.74, 6) is -0.697. The normalized spacial score (nSPS) is 13.1. The van der Waals surface area contributed by atoms with Gasteiger partial charge in [0.15, 0.2) is 0 Å². The largest absolute Gasteiger partial charge is 0.508 e. The highest BCUT2D eigenvalue weighted by atomic mass is 16.6. The molecular formula is C27H45N3O5. The lowest BCUT2D eigenvalue weighted by atomic mass is 9.98. The van der Waals surface area contributed by atoms with Crippen molar-refractivity contribution < 1.29 is 24.2 Å². The molecule has 2 atom stereocenters. The number of hydrogen-bond acceptors (Lipinski definition) is 5. The fourth-order valence-corrected chi connectivity index (χ4v) is 3.80. The van der Waals surface area contributed by atoms with Gasteiger partial charge in [-0.3, -0.25) is 9.59 Å². The first-order chi connectivity index (χ1) is 16.4. The molecule has 0 aliphatic carbocycles. The molecule has 0 aliphatic heterocycles. The molecule has 1 aromatic rings. The van der Waals surface area contributed by atoms with Crippen molar-refractivity contribution in [1.29, 1.82) is 0 Å². The van der Waals surface area contributed by atoms with Crippen molar-refractivity contribution in [3.63, 3.8) is 0 Å². The number of carbonyl (C=O) groups excluding carboxylic acids is 3. The van der Waals surface area contributed by atoms with Gasteiger partial charge in [0, 0.05) is 18.7 Å². The van der Waals surface area contributed by atoms with Gasteiger partial charge in [-0.2, -0.15) is 0 Å². The van der Waals surface area contributed by atoms with Gasteiger partial charge in [-0.05, 0) is 52.0 Å². The molecule has 1 rings (SSSR count). The van der Waals surface area contributed by atoms with E-state index in [1.165, 1.54) is 11.0 Å². The molecule has 3 N–H and O–H groups in total.